The third-order valence-corrected chi connectivity index (χ3v) is 5.19. The minimum absolute atomic E-state index is 0.336. The number of para-hydroxylation sites is 1. The highest BCUT2D eigenvalue weighted by Gasteiger charge is 2.52. The summed E-state index contributed by atoms with van der Waals surface area (Å²) in [5.74, 6) is -0.850. The van der Waals surface area contributed by atoms with Crippen LogP contribution in [0, 0.1) is 0 Å². The quantitative estimate of drug-likeness (QED) is 0.796. The lowest BCUT2D eigenvalue weighted by Gasteiger charge is -2.32. The van der Waals surface area contributed by atoms with E-state index in [0.29, 0.717) is 11.2 Å². The van der Waals surface area contributed by atoms with Gasteiger partial charge in [-0.25, -0.2) is 0 Å². The summed E-state index contributed by atoms with van der Waals surface area (Å²) in [4.78, 5) is 12.6. The summed E-state index contributed by atoms with van der Waals surface area (Å²) in [6.07, 6.45) is -4.63. The van der Waals surface area contributed by atoms with Gasteiger partial charge in [0.15, 0.2) is 0 Å². The second-order valence-electron chi connectivity index (χ2n) is 7.67. The fraction of sp³-hybridized carbons (Fsp3) is 0.350. The molecule has 1 aliphatic rings. The van der Waals surface area contributed by atoms with Crippen LogP contribution in [0.25, 0.3) is 0 Å². The number of amides is 1. The smallest absolute Gasteiger partial charge is 0.399 e. The summed E-state index contributed by atoms with van der Waals surface area (Å²) in [5, 5.41) is 2.57. The van der Waals surface area contributed by atoms with E-state index in [9.17, 15) is 18.0 Å². The Bertz CT molecular complexity index is 880. The van der Waals surface area contributed by atoms with Crippen LogP contribution < -0.4 is 10.8 Å². The predicted octanol–water partition coefficient (Wildman–Crippen LogP) is 4.26. The largest absolute Gasteiger partial charge is 0.496 e. The Labute approximate surface area is 162 Å². The van der Waals surface area contributed by atoms with Gasteiger partial charge in [0.2, 0.25) is 0 Å². The Morgan fingerprint density at radius 1 is 0.929 bits per heavy atom. The maximum absolute atomic E-state index is 13.2. The standard InChI is InChI=1S/C20H21BF3NO3/c1-18(2)19(3,4)28-21(27-18)15-11-7-8-12-16(15)25-17(26)13-9-5-6-10-14(13)20(22,23)24/h5-12H,1-4H3,(H,25,26). The predicted molar refractivity (Wildman–Crippen MR) is 102 cm³/mol. The van der Waals surface area contributed by atoms with E-state index in [-0.39, 0.29) is 0 Å². The normalized spacial score (nSPS) is 18.2. The molecule has 0 aliphatic carbocycles. The van der Waals surface area contributed by atoms with E-state index in [2.05, 4.69) is 5.32 Å². The van der Waals surface area contributed by atoms with Crippen LogP contribution >= 0.6 is 0 Å². The molecular formula is C20H21BF3NO3. The summed E-state index contributed by atoms with van der Waals surface area (Å²) < 4.78 is 51.7. The lowest BCUT2D eigenvalue weighted by molar-refractivity contribution is -0.137. The number of anilines is 1. The second kappa shape index (κ2) is 6.94. The molecule has 0 spiro atoms. The number of nitrogens with one attached hydrogen (secondary N) is 1. The number of alkyl halides is 3. The number of rotatable bonds is 3. The van der Waals surface area contributed by atoms with Gasteiger partial charge in [0.1, 0.15) is 0 Å². The van der Waals surface area contributed by atoms with E-state index in [1.165, 1.54) is 12.1 Å². The molecule has 0 atom stereocenters. The first-order valence-electron chi connectivity index (χ1n) is 8.84. The fourth-order valence-corrected chi connectivity index (χ4v) is 2.90. The van der Waals surface area contributed by atoms with Gasteiger partial charge in [-0.1, -0.05) is 30.3 Å². The molecule has 4 nitrogen and oxygen atoms in total. The maximum atomic E-state index is 13.2. The van der Waals surface area contributed by atoms with E-state index in [1.807, 2.05) is 27.7 Å². The van der Waals surface area contributed by atoms with Crippen LogP contribution in [-0.4, -0.2) is 24.2 Å². The van der Waals surface area contributed by atoms with Crippen molar-refractivity contribution in [2.45, 2.75) is 45.1 Å². The molecule has 1 amide bonds. The molecule has 148 valence electrons. The van der Waals surface area contributed by atoms with Gasteiger partial charge in [0.05, 0.1) is 22.3 Å². The summed E-state index contributed by atoms with van der Waals surface area (Å²) in [6.45, 7) is 7.59. The average Bonchev–Trinajstić information content (AvgIpc) is 2.82. The molecular weight excluding hydrogens is 370 g/mol. The second-order valence-corrected chi connectivity index (χ2v) is 7.67. The van der Waals surface area contributed by atoms with Gasteiger partial charge < -0.3 is 14.6 Å². The van der Waals surface area contributed by atoms with Crippen molar-refractivity contribution in [1.82, 2.24) is 0 Å². The number of benzene rings is 2. The number of hydrogen-bond donors (Lipinski definition) is 1. The third kappa shape index (κ3) is 3.79. The zero-order chi connectivity index (χ0) is 20.7. The first kappa shape index (κ1) is 20.4. The van der Waals surface area contributed by atoms with Crippen molar-refractivity contribution in [2.75, 3.05) is 5.32 Å². The Hall–Kier alpha value is -2.32. The fourth-order valence-electron chi connectivity index (χ4n) is 2.90. The molecule has 1 aliphatic heterocycles. The van der Waals surface area contributed by atoms with E-state index in [1.54, 1.807) is 24.3 Å². The Kier molecular flexibility index (Phi) is 5.06. The molecule has 2 aromatic rings. The van der Waals surface area contributed by atoms with Gasteiger partial charge >= 0.3 is 13.3 Å². The van der Waals surface area contributed by atoms with Crippen molar-refractivity contribution < 1.29 is 27.3 Å². The molecule has 3 rings (SSSR count). The van der Waals surface area contributed by atoms with Crippen LogP contribution in [0.4, 0.5) is 18.9 Å². The molecule has 2 aromatic carbocycles. The van der Waals surface area contributed by atoms with Gasteiger partial charge in [0.25, 0.3) is 5.91 Å². The van der Waals surface area contributed by atoms with Gasteiger partial charge in [-0.2, -0.15) is 13.2 Å². The summed E-state index contributed by atoms with van der Waals surface area (Å²) in [5.41, 5.74) is -1.73. The van der Waals surface area contributed by atoms with Crippen molar-refractivity contribution in [1.29, 1.82) is 0 Å². The SMILES string of the molecule is CC1(C)OB(c2ccccc2NC(=O)c2ccccc2C(F)(F)F)OC1(C)C. The van der Waals surface area contributed by atoms with Crippen molar-refractivity contribution in [3.63, 3.8) is 0 Å². The van der Waals surface area contributed by atoms with E-state index in [0.717, 1.165) is 12.1 Å². The van der Waals surface area contributed by atoms with Crippen LogP contribution in [0.15, 0.2) is 48.5 Å². The highest BCUT2D eigenvalue weighted by atomic mass is 19.4. The Balaban J connectivity index is 1.91. The van der Waals surface area contributed by atoms with Crippen LogP contribution in [0.5, 0.6) is 0 Å². The first-order valence-corrected chi connectivity index (χ1v) is 8.84. The number of hydrogen-bond acceptors (Lipinski definition) is 3. The topological polar surface area (TPSA) is 47.6 Å². The monoisotopic (exact) mass is 391 g/mol. The van der Waals surface area contributed by atoms with Crippen LogP contribution in [0.3, 0.4) is 0 Å². The lowest BCUT2D eigenvalue weighted by Crippen LogP contribution is -2.41. The zero-order valence-corrected chi connectivity index (χ0v) is 16.1. The van der Waals surface area contributed by atoms with E-state index < -0.39 is 41.5 Å². The molecule has 28 heavy (non-hydrogen) atoms. The number of carbonyl (C=O) groups is 1. The highest BCUT2D eigenvalue weighted by Crippen LogP contribution is 2.37. The average molecular weight is 391 g/mol. The Morgan fingerprint density at radius 2 is 1.46 bits per heavy atom. The van der Waals surface area contributed by atoms with Crippen molar-refractivity contribution in [3.05, 3.63) is 59.7 Å². The summed E-state index contributed by atoms with van der Waals surface area (Å²) >= 11 is 0. The molecule has 0 bridgehead atoms. The maximum Gasteiger partial charge on any atom is 0.496 e. The summed E-state index contributed by atoms with van der Waals surface area (Å²) in [7, 11) is -0.751. The van der Waals surface area contributed by atoms with Crippen LogP contribution in [0.1, 0.15) is 43.6 Å². The molecule has 0 saturated carbocycles. The van der Waals surface area contributed by atoms with Gasteiger partial charge in [-0.05, 0) is 45.9 Å². The molecule has 1 heterocycles. The minimum atomic E-state index is -4.63. The molecule has 0 aromatic heterocycles. The van der Waals surface area contributed by atoms with Crippen LogP contribution in [-0.2, 0) is 15.5 Å². The Morgan fingerprint density at radius 3 is 2.07 bits per heavy atom. The molecule has 1 N–H and O–H groups in total. The highest BCUT2D eigenvalue weighted by molar-refractivity contribution is 6.64. The van der Waals surface area contributed by atoms with E-state index in [4.69, 9.17) is 9.31 Å². The van der Waals surface area contributed by atoms with Gasteiger partial charge in [0, 0.05) is 11.2 Å². The van der Waals surface area contributed by atoms with Crippen molar-refractivity contribution >= 4 is 24.2 Å². The number of carbonyl (C=O) groups excluding carboxylic acids is 1. The summed E-state index contributed by atoms with van der Waals surface area (Å²) in [6, 6.07) is 11.4. The number of halogens is 3. The van der Waals surface area contributed by atoms with Crippen molar-refractivity contribution in [3.8, 4) is 0 Å². The molecule has 1 saturated heterocycles. The molecule has 1 fully saturated rings. The first-order chi connectivity index (χ1) is 12.9. The molecule has 0 radical (unpaired) electrons. The van der Waals surface area contributed by atoms with Crippen LogP contribution in [0.2, 0.25) is 0 Å². The zero-order valence-electron chi connectivity index (χ0n) is 16.1. The molecule has 8 heteroatoms. The molecule has 0 unspecified atom stereocenters. The minimum Gasteiger partial charge on any atom is -0.399 e. The van der Waals surface area contributed by atoms with E-state index >= 15 is 0 Å². The van der Waals surface area contributed by atoms with Gasteiger partial charge in [-0.15, -0.1) is 0 Å². The lowest BCUT2D eigenvalue weighted by atomic mass is 9.77. The van der Waals surface area contributed by atoms with Gasteiger partial charge in [-0.3, -0.25) is 4.79 Å². The third-order valence-electron chi connectivity index (χ3n) is 5.19. The van der Waals surface area contributed by atoms with Crippen molar-refractivity contribution in [2.24, 2.45) is 0 Å².